The van der Waals surface area contributed by atoms with Crippen molar-refractivity contribution in [3.05, 3.63) is 108 Å². The summed E-state index contributed by atoms with van der Waals surface area (Å²) in [6.45, 7) is 32.3. The molecule has 2 heterocycles. The first-order valence-electron chi connectivity index (χ1n) is 38.6. The Hall–Kier alpha value is -6.98. The number of unbranched alkanes of at least 4 members (excludes halogenated alkanes) is 14. The standard InChI is InChI=1S/C33H53NO4.C29H46N2O4.C22H32N2O4/c1-5-7-8-9-10-11-12-13-14-15-26-37-29-21-16-27(17-22-29)18-25-31(35)38-30-23-19-28(20-24-30)34-32(36)33(3,4)6-2;1-5-7-8-9-10-11-23-34-26-15-12-25(13-16-26)14-17-27(32)35-24-22-30-18-20-31(21-19-30)28(33)29(3,4)6-2;1-5-22(2,3)21(26)24-14-12-23(13-15-24)16-17-28-20(25)11-8-18-6-9-19(27-4)10-7-18/h16-18,21-22,25,28,30H,5-15,19-20,23-24,26H2,1-4H3,(H,34,36);12-17H,5-11,18-24H2,1-4H3;6-11H,5,12-17H2,1-4H3/b25-18+;17-14+;11-8+. The highest BCUT2D eigenvalue weighted by Crippen LogP contribution is 2.28. The fraction of sp³-hybridized carbons (Fsp3) is 0.643. The molecule has 1 aliphatic carbocycles. The summed E-state index contributed by atoms with van der Waals surface area (Å²) in [5.74, 6) is 2.06. The Balaban J connectivity index is 0.000000325. The lowest BCUT2D eigenvalue weighted by Gasteiger charge is -2.38. The van der Waals surface area contributed by atoms with Gasteiger partial charge in [-0.1, -0.05) is 202 Å². The summed E-state index contributed by atoms with van der Waals surface area (Å²) in [5, 5.41) is 3.16. The molecule has 3 aromatic carbocycles. The van der Waals surface area contributed by atoms with Crippen LogP contribution in [0.3, 0.4) is 0 Å². The summed E-state index contributed by atoms with van der Waals surface area (Å²) in [6.07, 6.45) is 36.0. The van der Waals surface area contributed by atoms with Gasteiger partial charge in [0.2, 0.25) is 17.7 Å². The van der Waals surface area contributed by atoms with Gasteiger partial charge in [0, 0.05) is 106 Å². The second kappa shape index (κ2) is 48.8. The van der Waals surface area contributed by atoms with Crippen LogP contribution in [0, 0.1) is 16.2 Å². The maximum absolute atomic E-state index is 12.6. The molecule has 6 rings (SSSR count). The van der Waals surface area contributed by atoms with Crippen LogP contribution in [-0.4, -0.2) is 166 Å². The molecule has 3 aromatic rings. The van der Waals surface area contributed by atoms with Crippen molar-refractivity contribution in [3.63, 3.8) is 0 Å². The monoisotopic (exact) mass is 1400 g/mol. The van der Waals surface area contributed by atoms with E-state index in [1.165, 1.54) is 108 Å². The van der Waals surface area contributed by atoms with Crippen molar-refractivity contribution in [2.45, 2.75) is 236 Å². The number of methoxy groups -OCH3 is 1. The third-order valence-corrected chi connectivity index (χ3v) is 20.0. The molecule has 0 aromatic heterocycles. The molecule has 17 nitrogen and oxygen atoms in total. The molecular weight excluding hydrogens is 1270 g/mol. The highest BCUT2D eigenvalue weighted by atomic mass is 16.5. The Bertz CT molecular complexity index is 2900. The summed E-state index contributed by atoms with van der Waals surface area (Å²) in [6, 6.07) is 23.2. The fourth-order valence-electron chi connectivity index (χ4n) is 11.6. The number of hydrogen-bond donors (Lipinski definition) is 1. The van der Waals surface area contributed by atoms with Gasteiger partial charge >= 0.3 is 17.9 Å². The van der Waals surface area contributed by atoms with Crippen LogP contribution in [-0.2, 0) is 43.0 Å². The number of esters is 3. The quantitative estimate of drug-likeness (QED) is 0.0245. The van der Waals surface area contributed by atoms with E-state index in [4.69, 9.17) is 28.4 Å². The lowest BCUT2D eigenvalue weighted by atomic mass is 9.87. The molecule has 2 saturated heterocycles. The minimum absolute atomic E-state index is 0.0824. The number of nitrogens with zero attached hydrogens (tertiary/aromatic N) is 4. The minimum Gasteiger partial charge on any atom is -0.497 e. The van der Waals surface area contributed by atoms with Gasteiger partial charge in [0.15, 0.2) is 0 Å². The van der Waals surface area contributed by atoms with Gasteiger partial charge in [-0.05, 0) is 129 Å². The number of benzene rings is 3. The predicted molar refractivity (Wildman–Crippen MR) is 410 cm³/mol. The van der Waals surface area contributed by atoms with E-state index in [9.17, 15) is 28.8 Å². The van der Waals surface area contributed by atoms with Gasteiger partial charge in [-0.2, -0.15) is 0 Å². The van der Waals surface area contributed by atoms with Gasteiger partial charge < -0.3 is 43.5 Å². The normalized spacial score (nSPS) is 16.2. The van der Waals surface area contributed by atoms with Crippen molar-refractivity contribution in [1.82, 2.24) is 24.9 Å². The molecule has 0 atom stereocenters. The molecule has 3 aliphatic rings. The Labute approximate surface area is 609 Å². The number of rotatable bonds is 41. The number of carbonyl (C=O) groups is 6. The summed E-state index contributed by atoms with van der Waals surface area (Å²) >= 11 is 0. The lowest BCUT2D eigenvalue weighted by molar-refractivity contribution is -0.145. The highest BCUT2D eigenvalue weighted by Gasteiger charge is 2.34. The Morgan fingerprint density at radius 3 is 1.10 bits per heavy atom. The Morgan fingerprint density at radius 1 is 0.416 bits per heavy atom. The molecule has 0 radical (unpaired) electrons. The molecule has 0 bridgehead atoms. The minimum atomic E-state index is -0.352. The van der Waals surface area contributed by atoms with Crippen LogP contribution in [0.15, 0.2) is 91.0 Å². The summed E-state index contributed by atoms with van der Waals surface area (Å²) < 4.78 is 33.1. The van der Waals surface area contributed by atoms with E-state index in [1.54, 1.807) is 25.3 Å². The SMILES string of the molecule is CCC(C)(C)C(=O)N1CCN(CCOC(=O)/C=C/c2ccc(OC)cc2)CC1.CCCCCCCCCCCCOc1ccc(/C=C/C(=O)OC2CCC(NC(=O)C(C)(C)CC)CC2)cc1.CCCCCCCCOc1ccc(/C=C/C(=O)OCCN2CCN(C(=O)C(C)(C)CC)CC2)cc1. The average Bonchev–Trinajstić information content (AvgIpc) is 0.851. The second-order valence-corrected chi connectivity index (χ2v) is 29.3. The highest BCUT2D eigenvalue weighted by molar-refractivity contribution is 5.88. The van der Waals surface area contributed by atoms with Crippen molar-refractivity contribution in [3.8, 4) is 17.2 Å². The topological polar surface area (TPSA) is 183 Å². The molecule has 3 amide bonds. The van der Waals surface area contributed by atoms with E-state index >= 15 is 0 Å². The Morgan fingerprint density at radius 2 is 0.752 bits per heavy atom. The average molecular weight is 1400 g/mol. The predicted octanol–water partition coefficient (Wildman–Crippen LogP) is 16.8. The van der Waals surface area contributed by atoms with Crippen LogP contribution in [0.4, 0.5) is 0 Å². The first kappa shape index (κ1) is 86.4. The largest absolute Gasteiger partial charge is 0.497 e. The van der Waals surface area contributed by atoms with Crippen LogP contribution in [0.25, 0.3) is 18.2 Å². The smallest absolute Gasteiger partial charge is 0.331 e. The van der Waals surface area contributed by atoms with Gasteiger partial charge in [-0.15, -0.1) is 0 Å². The van der Waals surface area contributed by atoms with E-state index in [0.29, 0.717) is 26.3 Å². The van der Waals surface area contributed by atoms with Crippen LogP contribution < -0.4 is 19.5 Å². The van der Waals surface area contributed by atoms with Crippen molar-refractivity contribution in [1.29, 1.82) is 0 Å². The Kier molecular flexibility index (Phi) is 41.8. The van der Waals surface area contributed by atoms with E-state index in [2.05, 4.69) is 35.9 Å². The van der Waals surface area contributed by atoms with E-state index in [1.807, 2.05) is 138 Å². The maximum Gasteiger partial charge on any atom is 0.331 e. The maximum atomic E-state index is 12.6. The van der Waals surface area contributed by atoms with E-state index < -0.39 is 0 Å². The molecule has 1 N–H and O–H groups in total. The van der Waals surface area contributed by atoms with Crippen molar-refractivity contribution >= 4 is 53.9 Å². The molecule has 0 unspecified atom stereocenters. The third-order valence-electron chi connectivity index (χ3n) is 20.0. The van der Waals surface area contributed by atoms with Crippen LogP contribution in [0.5, 0.6) is 17.2 Å². The number of ether oxygens (including phenoxy) is 6. The molecule has 17 heteroatoms. The fourth-order valence-corrected chi connectivity index (χ4v) is 11.6. The number of hydrogen-bond acceptors (Lipinski definition) is 14. The van der Waals surface area contributed by atoms with Crippen LogP contribution in [0.1, 0.15) is 241 Å². The lowest BCUT2D eigenvalue weighted by Crippen LogP contribution is -2.52. The molecule has 564 valence electrons. The van der Waals surface area contributed by atoms with Crippen molar-refractivity contribution in [2.24, 2.45) is 16.2 Å². The molecule has 3 fully saturated rings. The van der Waals surface area contributed by atoms with Crippen LogP contribution in [0.2, 0.25) is 0 Å². The van der Waals surface area contributed by atoms with Gasteiger partial charge in [-0.25, -0.2) is 14.4 Å². The first-order chi connectivity index (χ1) is 48.5. The zero-order valence-corrected chi connectivity index (χ0v) is 64.4. The van der Waals surface area contributed by atoms with Gasteiger partial charge in [0.25, 0.3) is 0 Å². The van der Waals surface area contributed by atoms with Gasteiger partial charge in [-0.3, -0.25) is 24.2 Å². The molecular formula is C84H131N5O12. The van der Waals surface area contributed by atoms with Crippen molar-refractivity contribution < 1.29 is 57.2 Å². The third kappa shape index (κ3) is 35.7. The van der Waals surface area contributed by atoms with Crippen molar-refractivity contribution in [2.75, 3.05) is 99.0 Å². The second-order valence-electron chi connectivity index (χ2n) is 29.3. The first-order valence-corrected chi connectivity index (χ1v) is 38.6. The molecule has 1 saturated carbocycles. The summed E-state index contributed by atoms with van der Waals surface area (Å²) in [5.41, 5.74) is 1.85. The van der Waals surface area contributed by atoms with E-state index in [0.717, 1.165) is 157 Å². The molecule has 101 heavy (non-hydrogen) atoms. The van der Waals surface area contributed by atoms with E-state index in [-0.39, 0.29) is 64.0 Å². The van der Waals surface area contributed by atoms with Gasteiger partial charge in [0.05, 0.1) is 20.3 Å². The van der Waals surface area contributed by atoms with Gasteiger partial charge in [0.1, 0.15) is 36.6 Å². The number of piperazine rings is 2. The zero-order chi connectivity index (χ0) is 73.7. The summed E-state index contributed by atoms with van der Waals surface area (Å²) in [7, 11) is 1.62. The summed E-state index contributed by atoms with van der Waals surface area (Å²) in [4.78, 5) is 82.1. The number of nitrogens with one attached hydrogen (secondary N) is 1. The van der Waals surface area contributed by atoms with Crippen LogP contribution >= 0.6 is 0 Å². The molecule has 2 aliphatic heterocycles. The molecule has 0 spiro atoms. The number of carbonyl (C=O) groups excluding carboxylic acids is 6. The zero-order valence-electron chi connectivity index (χ0n) is 64.4. The number of amides is 3.